The molecule has 0 unspecified atom stereocenters. The number of Topliss-reactive ketones (excluding diaryl/α,β-unsaturated/α-hetero) is 1. The fourth-order valence-corrected chi connectivity index (χ4v) is 3.21. The second-order valence-corrected chi connectivity index (χ2v) is 4.93. The molecule has 2 fully saturated rings. The molecule has 0 amide bonds. The summed E-state index contributed by atoms with van der Waals surface area (Å²) < 4.78 is 0. The zero-order chi connectivity index (χ0) is 9.97. The van der Waals surface area contributed by atoms with Crippen molar-refractivity contribution >= 4 is 5.78 Å². The number of carbonyl (C=O) groups is 1. The highest BCUT2D eigenvalue weighted by atomic mass is 16.1. The molecular formula is C12H21NO. The summed E-state index contributed by atoms with van der Waals surface area (Å²) in [6.07, 6.45) is 8.22. The highest BCUT2D eigenvalue weighted by Crippen LogP contribution is 2.34. The van der Waals surface area contributed by atoms with Crippen LogP contribution in [0, 0.1) is 5.92 Å². The molecule has 1 saturated carbocycles. The lowest BCUT2D eigenvalue weighted by Gasteiger charge is -2.43. The number of likely N-dealkylation sites (tertiary alicyclic amines) is 1. The lowest BCUT2D eigenvalue weighted by Crippen LogP contribution is -2.48. The van der Waals surface area contributed by atoms with E-state index in [1.54, 1.807) is 6.92 Å². The molecular weight excluding hydrogens is 174 g/mol. The molecule has 1 aliphatic heterocycles. The third-order valence-electron chi connectivity index (χ3n) is 3.78. The van der Waals surface area contributed by atoms with Gasteiger partial charge in [0.2, 0.25) is 0 Å². The van der Waals surface area contributed by atoms with E-state index in [1.807, 2.05) is 0 Å². The van der Waals surface area contributed by atoms with Crippen LogP contribution in [0.25, 0.3) is 0 Å². The van der Waals surface area contributed by atoms with Gasteiger partial charge in [0.05, 0.1) is 6.54 Å². The van der Waals surface area contributed by atoms with Crippen LogP contribution in [-0.4, -0.2) is 29.8 Å². The van der Waals surface area contributed by atoms with Crippen molar-refractivity contribution in [3.8, 4) is 0 Å². The first-order valence-corrected chi connectivity index (χ1v) is 6.01. The Balaban J connectivity index is 1.97. The van der Waals surface area contributed by atoms with E-state index in [-0.39, 0.29) is 0 Å². The SMILES string of the molecule is CC(=O)CN1CCC[C@@H]2CCCC[C@@H]21. The Hall–Kier alpha value is -0.370. The predicted molar refractivity (Wildman–Crippen MR) is 57.2 cm³/mol. The molecule has 2 aliphatic rings. The quantitative estimate of drug-likeness (QED) is 0.673. The average molecular weight is 195 g/mol. The molecule has 1 heterocycles. The highest BCUT2D eigenvalue weighted by molar-refractivity contribution is 5.77. The largest absolute Gasteiger partial charge is 0.299 e. The van der Waals surface area contributed by atoms with Gasteiger partial charge in [0, 0.05) is 6.04 Å². The lowest BCUT2D eigenvalue weighted by atomic mass is 9.78. The summed E-state index contributed by atoms with van der Waals surface area (Å²) in [6, 6.07) is 0.737. The molecule has 0 spiro atoms. The van der Waals surface area contributed by atoms with E-state index >= 15 is 0 Å². The summed E-state index contributed by atoms with van der Waals surface area (Å²) in [7, 11) is 0. The summed E-state index contributed by atoms with van der Waals surface area (Å²) in [5.74, 6) is 1.23. The van der Waals surface area contributed by atoms with Crippen LogP contribution in [0.3, 0.4) is 0 Å². The number of ketones is 1. The Kier molecular flexibility index (Phi) is 3.22. The van der Waals surface area contributed by atoms with Crippen LogP contribution in [0.15, 0.2) is 0 Å². The monoisotopic (exact) mass is 195 g/mol. The number of rotatable bonds is 2. The van der Waals surface area contributed by atoms with E-state index in [0.29, 0.717) is 12.3 Å². The standard InChI is InChI=1S/C12H21NO/c1-10(14)9-13-8-4-6-11-5-2-3-7-12(11)13/h11-12H,2-9H2,1H3/t11-,12-/m0/s1. The van der Waals surface area contributed by atoms with Crippen LogP contribution >= 0.6 is 0 Å². The molecule has 0 aromatic carbocycles. The van der Waals surface area contributed by atoms with E-state index in [2.05, 4.69) is 4.90 Å². The number of carbonyl (C=O) groups excluding carboxylic acids is 1. The Bertz CT molecular complexity index is 212. The van der Waals surface area contributed by atoms with Crippen LogP contribution in [0.5, 0.6) is 0 Å². The number of nitrogens with zero attached hydrogens (tertiary/aromatic N) is 1. The number of hydrogen-bond donors (Lipinski definition) is 0. The fraction of sp³-hybridized carbons (Fsp3) is 0.917. The molecule has 2 atom stereocenters. The van der Waals surface area contributed by atoms with Gasteiger partial charge in [-0.2, -0.15) is 0 Å². The maximum absolute atomic E-state index is 11.1. The van der Waals surface area contributed by atoms with Gasteiger partial charge < -0.3 is 0 Å². The van der Waals surface area contributed by atoms with Crippen molar-refractivity contribution in [3.05, 3.63) is 0 Å². The van der Waals surface area contributed by atoms with Crippen LogP contribution in [0.4, 0.5) is 0 Å². The Morgan fingerprint density at radius 2 is 1.93 bits per heavy atom. The van der Waals surface area contributed by atoms with Crippen molar-refractivity contribution in [1.29, 1.82) is 0 Å². The van der Waals surface area contributed by atoms with Crippen molar-refractivity contribution in [2.24, 2.45) is 5.92 Å². The highest BCUT2D eigenvalue weighted by Gasteiger charge is 2.33. The second kappa shape index (κ2) is 4.43. The Morgan fingerprint density at radius 1 is 1.21 bits per heavy atom. The zero-order valence-electron chi connectivity index (χ0n) is 9.17. The molecule has 0 aromatic heterocycles. The summed E-state index contributed by atoms with van der Waals surface area (Å²) in [5, 5.41) is 0. The molecule has 0 bridgehead atoms. The average Bonchev–Trinajstić information content (AvgIpc) is 2.18. The third kappa shape index (κ3) is 2.17. The molecule has 1 aliphatic carbocycles. The van der Waals surface area contributed by atoms with Crippen LogP contribution in [0.2, 0.25) is 0 Å². The predicted octanol–water partition coefficient (Wildman–Crippen LogP) is 2.23. The molecule has 1 saturated heterocycles. The number of hydrogen-bond acceptors (Lipinski definition) is 2. The fourth-order valence-electron chi connectivity index (χ4n) is 3.21. The molecule has 0 aromatic rings. The van der Waals surface area contributed by atoms with Gasteiger partial charge in [-0.25, -0.2) is 0 Å². The van der Waals surface area contributed by atoms with E-state index < -0.39 is 0 Å². The zero-order valence-corrected chi connectivity index (χ0v) is 9.17. The van der Waals surface area contributed by atoms with Crippen LogP contribution < -0.4 is 0 Å². The summed E-state index contributed by atoms with van der Waals surface area (Å²) in [6.45, 7) is 3.56. The van der Waals surface area contributed by atoms with Gasteiger partial charge in [-0.3, -0.25) is 9.69 Å². The molecule has 14 heavy (non-hydrogen) atoms. The van der Waals surface area contributed by atoms with Crippen molar-refractivity contribution < 1.29 is 4.79 Å². The first-order chi connectivity index (χ1) is 6.77. The summed E-state index contributed by atoms with van der Waals surface area (Å²) in [5.41, 5.74) is 0. The normalized spacial score (nSPS) is 33.8. The molecule has 2 nitrogen and oxygen atoms in total. The minimum absolute atomic E-state index is 0.330. The van der Waals surface area contributed by atoms with E-state index in [9.17, 15) is 4.79 Å². The van der Waals surface area contributed by atoms with E-state index in [1.165, 1.54) is 38.5 Å². The van der Waals surface area contributed by atoms with E-state index in [0.717, 1.165) is 18.5 Å². The molecule has 0 N–H and O–H groups in total. The van der Waals surface area contributed by atoms with Crippen molar-refractivity contribution in [2.75, 3.05) is 13.1 Å². The first-order valence-electron chi connectivity index (χ1n) is 6.01. The molecule has 80 valence electrons. The first kappa shape index (κ1) is 10.2. The van der Waals surface area contributed by atoms with Gasteiger partial charge >= 0.3 is 0 Å². The second-order valence-electron chi connectivity index (χ2n) is 4.93. The van der Waals surface area contributed by atoms with Gasteiger partial charge in [0.1, 0.15) is 5.78 Å². The minimum Gasteiger partial charge on any atom is -0.299 e. The van der Waals surface area contributed by atoms with Gasteiger partial charge in [-0.15, -0.1) is 0 Å². The molecule has 0 radical (unpaired) electrons. The smallest absolute Gasteiger partial charge is 0.143 e. The lowest BCUT2D eigenvalue weighted by molar-refractivity contribution is -0.119. The maximum Gasteiger partial charge on any atom is 0.143 e. The number of piperidine rings is 1. The third-order valence-corrected chi connectivity index (χ3v) is 3.78. The Labute approximate surface area is 86.7 Å². The minimum atomic E-state index is 0.330. The van der Waals surface area contributed by atoms with Gasteiger partial charge in [0.25, 0.3) is 0 Å². The summed E-state index contributed by atoms with van der Waals surface area (Å²) in [4.78, 5) is 13.6. The van der Waals surface area contributed by atoms with Gasteiger partial charge in [-0.1, -0.05) is 12.8 Å². The van der Waals surface area contributed by atoms with E-state index in [4.69, 9.17) is 0 Å². The number of fused-ring (bicyclic) bond motifs is 1. The Morgan fingerprint density at radius 3 is 2.71 bits per heavy atom. The van der Waals surface area contributed by atoms with Gasteiger partial charge in [0.15, 0.2) is 0 Å². The van der Waals surface area contributed by atoms with Gasteiger partial charge in [-0.05, 0) is 45.1 Å². The van der Waals surface area contributed by atoms with Crippen molar-refractivity contribution in [1.82, 2.24) is 4.90 Å². The maximum atomic E-state index is 11.1. The van der Waals surface area contributed by atoms with Crippen molar-refractivity contribution in [2.45, 2.75) is 51.5 Å². The summed E-state index contributed by atoms with van der Waals surface area (Å²) >= 11 is 0. The topological polar surface area (TPSA) is 20.3 Å². The molecule has 2 rings (SSSR count). The van der Waals surface area contributed by atoms with Crippen LogP contribution in [-0.2, 0) is 4.79 Å². The molecule has 2 heteroatoms. The van der Waals surface area contributed by atoms with Crippen LogP contribution in [0.1, 0.15) is 45.4 Å². The van der Waals surface area contributed by atoms with Crippen molar-refractivity contribution in [3.63, 3.8) is 0 Å².